The molecule has 0 aliphatic heterocycles. The molecule has 1 unspecified atom stereocenters. The molecule has 1 heterocycles. The Hall–Kier alpha value is -1.88. The van der Waals surface area contributed by atoms with Crippen LogP contribution in [0.2, 0.25) is 0 Å². The number of imidazole rings is 1. The fourth-order valence-electron chi connectivity index (χ4n) is 1.94. The first-order chi connectivity index (χ1) is 9.11. The zero-order valence-corrected chi connectivity index (χ0v) is 11.4. The predicted octanol–water partition coefficient (Wildman–Crippen LogP) is 3.28. The third kappa shape index (κ3) is 3.12. The first kappa shape index (κ1) is 13.5. The number of anilines is 2. The Bertz CT molecular complexity index is 553. The fraction of sp³-hybridized carbons (Fsp3) is 0.357. The van der Waals surface area contributed by atoms with Crippen molar-refractivity contribution in [2.24, 2.45) is 0 Å². The van der Waals surface area contributed by atoms with Gasteiger partial charge in [0.25, 0.3) is 0 Å². The zero-order chi connectivity index (χ0) is 13.8. The number of rotatable bonds is 5. The van der Waals surface area contributed by atoms with Crippen molar-refractivity contribution in [1.82, 2.24) is 9.55 Å². The summed E-state index contributed by atoms with van der Waals surface area (Å²) in [6.45, 7) is 4.55. The molecule has 2 aromatic rings. The topological polar surface area (TPSA) is 39.1 Å². The van der Waals surface area contributed by atoms with Gasteiger partial charge in [0.15, 0.2) is 0 Å². The monoisotopic (exact) mass is 263 g/mol. The molecule has 1 aromatic carbocycles. The summed E-state index contributed by atoms with van der Waals surface area (Å²) >= 11 is 0. The van der Waals surface area contributed by atoms with Gasteiger partial charge in [0, 0.05) is 25.2 Å². The molecule has 0 fully saturated rings. The molecule has 5 heteroatoms. The van der Waals surface area contributed by atoms with E-state index >= 15 is 0 Å². The number of ether oxygens (including phenoxy) is 1. The van der Waals surface area contributed by atoms with E-state index in [-0.39, 0.29) is 11.9 Å². The van der Waals surface area contributed by atoms with E-state index in [0.29, 0.717) is 12.6 Å². The SMILES string of the molecule is COCC(C)n1ccnc1Nc1cc(F)ccc1C. The molecule has 0 spiro atoms. The second-order valence-corrected chi connectivity index (χ2v) is 4.55. The highest BCUT2D eigenvalue weighted by Gasteiger charge is 2.11. The van der Waals surface area contributed by atoms with E-state index in [1.165, 1.54) is 12.1 Å². The number of nitrogens with one attached hydrogen (secondary N) is 1. The van der Waals surface area contributed by atoms with Crippen LogP contribution in [0, 0.1) is 12.7 Å². The maximum absolute atomic E-state index is 13.3. The molecule has 0 aliphatic carbocycles. The lowest BCUT2D eigenvalue weighted by Gasteiger charge is -2.17. The minimum Gasteiger partial charge on any atom is -0.383 e. The van der Waals surface area contributed by atoms with Crippen LogP contribution in [0.25, 0.3) is 0 Å². The molecule has 1 aromatic heterocycles. The van der Waals surface area contributed by atoms with E-state index in [2.05, 4.69) is 10.3 Å². The molecule has 19 heavy (non-hydrogen) atoms. The summed E-state index contributed by atoms with van der Waals surface area (Å²) < 4.78 is 20.4. The van der Waals surface area contributed by atoms with Crippen molar-refractivity contribution in [3.05, 3.63) is 42.0 Å². The Kier molecular flexibility index (Phi) is 4.16. The summed E-state index contributed by atoms with van der Waals surface area (Å²) in [6, 6.07) is 4.81. The van der Waals surface area contributed by atoms with Crippen molar-refractivity contribution < 1.29 is 9.13 Å². The number of methoxy groups -OCH3 is 1. The first-order valence-electron chi connectivity index (χ1n) is 6.16. The summed E-state index contributed by atoms with van der Waals surface area (Å²) in [5, 5.41) is 3.16. The van der Waals surface area contributed by atoms with Gasteiger partial charge in [-0.05, 0) is 31.5 Å². The quantitative estimate of drug-likeness (QED) is 0.899. The molecular formula is C14H18FN3O. The van der Waals surface area contributed by atoms with Crippen LogP contribution in [-0.2, 0) is 4.74 Å². The van der Waals surface area contributed by atoms with E-state index in [0.717, 1.165) is 11.3 Å². The van der Waals surface area contributed by atoms with Crippen LogP contribution in [0.1, 0.15) is 18.5 Å². The Morgan fingerprint density at radius 3 is 3.00 bits per heavy atom. The smallest absolute Gasteiger partial charge is 0.207 e. The molecule has 1 atom stereocenters. The largest absolute Gasteiger partial charge is 0.383 e. The van der Waals surface area contributed by atoms with Gasteiger partial charge in [0.2, 0.25) is 5.95 Å². The first-order valence-corrected chi connectivity index (χ1v) is 6.16. The third-order valence-corrected chi connectivity index (χ3v) is 3.00. The van der Waals surface area contributed by atoms with Gasteiger partial charge in [-0.3, -0.25) is 0 Å². The van der Waals surface area contributed by atoms with E-state index in [1.807, 2.05) is 24.6 Å². The predicted molar refractivity (Wildman–Crippen MR) is 73.2 cm³/mol. The minimum atomic E-state index is -0.267. The molecule has 0 amide bonds. The number of hydrogen-bond donors (Lipinski definition) is 1. The molecule has 4 nitrogen and oxygen atoms in total. The maximum atomic E-state index is 13.3. The zero-order valence-electron chi connectivity index (χ0n) is 11.4. The molecule has 0 radical (unpaired) electrons. The molecule has 0 saturated heterocycles. The van der Waals surface area contributed by atoms with Gasteiger partial charge in [0.1, 0.15) is 5.82 Å². The highest BCUT2D eigenvalue weighted by atomic mass is 19.1. The van der Waals surface area contributed by atoms with Crippen LogP contribution in [0.4, 0.5) is 16.0 Å². The van der Waals surface area contributed by atoms with Gasteiger partial charge >= 0.3 is 0 Å². The van der Waals surface area contributed by atoms with Crippen LogP contribution in [0.15, 0.2) is 30.6 Å². The number of aryl methyl sites for hydroxylation is 1. The van der Waals surface area contributed by atoms with Crippen molar-refractivity contribution in [2.75, 3.05) is 19.0 Å². The van der Waals surface area contributed by atoms with Gasteiger partial charge in [0.05, 0.1) is 12.6 Å². The Morgan fingerprint density at radius 2 is 2.26 bits per heavy atom. The molecule has 1 N–H and O–H groups in total. The van der Waals surface area contributed by atoms with Crippen LogP contribution in [0.3, 0.4) is 0 Å². The highest BCUT2D eigenvalue weighted by Crippen LogP contribution is 2.22. The lowest BCUT2D eigenvalue weighted by atomic mass is 10.2. The second-order valence-electron chi connectivity index (χ2n) is 4.55. The summed E-state index contributed by atoms with van der Waals surface area (Å²) in [5.41, 5.74) is 1.69. The van der Waals surface area contributed by atoms with Gasteiger partial charge in [-0.15, -0.1) is 0 Å². The Labute approximate surface area is 112 Å². The van der Waals surface area contributed by atoms with Crippen molar-refractivity contribution >= 4 is 11.6 Å². The standard InChI is InChI=1S/C14H18FN3O/c1-10-4-5-12(15)8-13(10)17-14-16-6-7-18(14)11(2)9-19-3/h4-8,11H,9H2,1-3H3,(H,16,17). The maximum Gasteiger partial charge on any atom is 0.207 e. The molecule has 2 rings (SSSR count). The molecule has 0 bridgehead atoms. The highest BCUT2D eigenvalue weighted by molar-refractivity contribution is 5.58. The normalized spacial score (nSPS) is 12.4. The Morgan fingerprint density at radius 1 is 1.47 bits per heavy atom. The number of aromatic nitrogens is 2. The van der Waals surface area contributed by atoms with Crippen LogP contribution < -0.4 is 5.32 Å². The number of nitrogens with zero attached hydrogens (tertiary/aromatic N) is 2. The minimum absolute atomic E-state index is 0.156. The van der Waals surface area contributed by atoms with Crippen molar-refractivity contribution in [2.45, 2.75) is 19.9 Å². The van der Waals surface area contributed by atoms with E-state index in [4.69, 9.17) is 4.74 Å². The second kappa shape index (κ2) is 5.84. The van der Waals surface area contributed by atoms with Crippen LogP contribution >= 0.6 is 0 Å². The third-order valence-electron chi connectivity index (χ3n) is 3.00. The number of benzene rings is 1. The van der Waals surface area contributed by atoms with Gasteiger partial charge in [-0.25, -0.2) is 9.37 Å². The molecule has 102 valence electrons. The fourth-order valence-corrected chi connectivity index (χ4v) is 1.94. The van der Waals surface area contributed by atoms with Gasteiger partial charge in [-0.2, -0.15) is 0 Å². The average molecular weight is 263 g/mol. The lowest BCUT2D eigenvalue weighted by Crippen LogP contribution is -2.13. The van der Waals surface area contributed by atoms with Crippen LogP contribution in [-0.4, -0.2) is 23.3 Å². The van der Waals surface area contributed by atoms with Crippen molar-refractivity contribution in [1.29, 1.82) is 0 Å². The average Bonchev–Trinajstić information content (AvgIpc) is 2.82. The van der Waals surface area contributed by atoms with E-state index in [1.54, 1.807) is 19.4 Å². The summed E-state index contributed by atoms with van der Waals surface area (Å²) in [7, 11) is 1.66. The molecular weight excluding hydrogens is 245 g/mol. The lowest BCUT2D eigenvalue weighted by molar-refractivity contribution is 0.163. The van der Waals surface area contributed by atoms with Crippen molar-refractivity contribution in [3.8, 4) is 0 Å². The van der Waals surface area contributed by atoms with Gasteiger partial charge in [-0.1, -0.05) is 6.07 Å². The van der Waals surface area contributed by atoms with Gasteiger partial charge < -0.3 is 14.6 Å². The van der Waals surface area contributed by atoms with Crippen LogP contribution in [0.5, 0.6) is 0 Å². The van der Waals surface area contributed by atoms with E-state index in [9.17, 15) is 4.39 Å². The van der Waals surface area contributed by atoms with Crippen molar-refractivity contribution in [3.63, 3.8) is 0 Å². The molecule has 0 saturated carbocycles. The number of hydrogen-bond acceptors (Lipinski definition) is 3. The summed E-state index contributed by atoms with van der Waals surface area (Å²) in [5.74, 6) is 0.411. The summed E-state index contributed by atoms with van der Waals surface area (Å²) in [6.07, 6.45) is 3.59. The molecule has 0 aliphatic rings. The summed E-state index contributed by atoms with van der Waals surface area (Å²) in [4.78, 5) is 4.26. The Balaban J connectivity index is 2.24. The number of halogens is 1. The van der Waals surface area contributed by atoms with E-state index < -0.39 is 0 Å².